The van der Waals surface area contributed by atoms with Crippen molar-refractivity contribution in [2.45, 2.75) is 90.1 Å². The van der Waals surface area contributed by atoms with E-state index in [9.17, 15) is 5.11 Å². The van der Waals surface area contributed by atoms with Gasteiger partial charge in [-0.3, -0.25) is 0 Å². The summed E-state index contributed by atoms with van der Waals surface area (Å²) in [4.78, 5) is 0. The molecule has 1 aliphatic carbocycles. The highest BCUT2D eigenvalue weighted by atomic mass is 16.5. The standard InChI is InChI=1S/C39H46O2/c1-2-3-4-5-6-7-8-9-10-14-20-33(40)29-41-34-24-22-30(23-25-34)36-26-27-37-35-21-16-15-19-32(35)28-38(37)39(36)31-17-12-11-13-18-31/h11-13,15-19,21-27,33,40H,2-10,14,20,28-29H2,1H3. The molecular formula is C39H46O2. The predicted molar refractivity (Wildman–Crippen MR) is 174 cm³/mol. The average molecular weight is 547 g/mol. The molecule has 0 fully saturated rings. The van der Waals surface area contributed by atoms with Crippen LogP contribution in [0.3, 0.4) is 0 Å². The van der Waals surface area contributed by atoms with Gasteiger partial charge in [0, 0.05) is 0 Å². The molecule has 0 heterocycles. The zero-order chi connectivity index (χ0) is 28.3. The van der Waals surface area contributed by atoms with Gasteiger partial charge in [-0.05, 0) is 69.5 Å². The third kappa shape index (κ3) is 7.68. The minimum Gasteiger partial charge on any atom is -0.491 e. The van der Waals surface area contributed by atoms with Crippen molar-refractivity contribution in [3.8, 4) is 39.1 Å². The first kappa shape index (κ1) is 29.1. The number of unbranched alkanes of at least 4 members (excludes halogenated alkanes) is 9. The molecule has 4 aromatic carbocycles. The molecule has 0 aromatic heterocycles. The van der Waals surface area contributed by atoms with Crippen LogP contribution in [-0.4, -0.2) is 17.8 Å². The van der Waals surface area contributed by atoms with E-state index in [4.69, 9.17) is 4.74 Å². The predicted octanol–water partition coefficient (Wildman–Crippen LogP) is 10.6. The minimum atomic E-state index is -0.410. The van der Waals surface area contributed by atoms with E-state index in [1.807, 2.05) is 12.1 Å². The molecule has 0 radical (unpaired) electrons. The Morgan fingerprint density at radius 3 is 1.98 bits per heavy atom. The summed E-state index contributed by atoms with van der Waals surface area (Å²) in [6, 6.07) is 32.5. The fraction of sp³-hybridized carbons (Fsp3) is 0.385. The first-order valence-electron chi connectivity index (χ1n) is 16.0. The van der Waals surface area contributed by atoms with Gasteiger partial charge in [-0.25, -0.2) is 0 Å². The summed E-state index contributed by atoms with van der Waals surface area (Å²) in [6.45, 7) is 2.62. The first-order chi connectivity index (χ1) is 20.2. The minimum absolute atomic E-state index is 0.350. The van der Waals surface area contributed by atoms with Crippen LogP contribution >= 0.6 is 0 Å². The lowest BCUT2D eigenvalue weighted by molar-refractivity contribution is 0.0975. The molecule has 0 amide bonds. The van der Waals surface area contributed by atoms with Crippen molar-refractivity contribution in [1.29, 1.82) is 0 Å². The van der Waals surface area contributed by atoms with Crippen molar-refractivity contribution in [3.05, 3.63) is 102 Å². The van der Waals surface area contributed by atoms with Gasteiger partial charge in [-0.1, -0.05) is 150 Å². The smallest absolute Gasteiger partial charge is 0.119 e. The number of aliphatic hydroxyl groups excluding tert-OH is 1. The van der Waals surface area contributed by atoms with Gasteiger partial charge in [0.2, 0.25) is 0 Å². The van der Waals surface area contributed by atoms with Gasteiger partial charge < -0.3 is 9.84 Å². The van der Waals surface area contributed by atoms with Crippen LogP contribution in [0.15, 0.2) is 91.0 Å². The lowest BCUT2D eigenvalue weighted by Crippen LogP contribution is -2.17. The molecule has 1 aliphatic rings. The van der Waals surface area contributed by atoms with Crippen LogP contribution in [0, 0.1) is 0 Å². The lowest BCUT2D eigenvalue weighted by atomic mass is 9.88. The van der Waals surface area contributed by atoms with Crippen molar-refractivity contribution in [2.75, 3.05) is 6.61 Å². The normalized spacial score (nSPS) is 12.6. The van der Waals surface area contributed by atoms with E-state index in [2.05, 4.69) is 85.8 Å². The van der Waals surface area contributed by atoms with E-state index in [0.29, 0.717) is 6.61 Å². The SMILES string of the molecule is CCCCCCCCCCCCC(O)COc1ccc(-c2ccc3c(c2-c2ccccc2)Cc2ccccc2-3)cc1. The van der Waals surface area contributed by atoms with Gasteiger partial charge in [-0.2, -0.15) is 0 Å². The van der Waals surface area contributed by atoms with E-state index >= 15 is 0 Å². The number of hydrogen-bond acceptors (Lipinski definition) is 2. The summed E-state index contributed by atoms with van der Waals surface area (Å²) in [6.07, 6.45) is 14.5. The molecular weight excluding hydrogens is 500 g/mol. The Kier molecular flexibility index (Phi) is 10.7. The molecule has 1 unspecified atom stereocenters. The second-order valence-corrected chi connectivity index (χ2v) is 11.7. The number of aliphatic hydroxyl groups is 1. The topological polar surface area (TPSA) is 29.5 Å². The maximum absolute atomic E-state index is 10.5. The number of ether oxygens (including phenoxy) is 1. The number of benzene rings is 4. The molecule has 2 nitrogen and oxygen atoms in total. The molecule has 4 aromatic rings. The molecule has 0 saturated carbocycles. The van der Waals surface area contributed by atoms with Crippen LogP contribution in [-0.2, 0) is 6.42 Å². The summed E-state index contributed by atoms with van der Waals surface area (Å²) < 4.78 is 5.98. The maximum atomic E-state index is 10.5. The molecule has 5 rings (SSSR count). The molecule has 0 bridgehead atoms. The Morgan fingerprint density at radius 2 is 1.24 bits per heavy atom. The molecule has 1 N–H and O–H groups in total. The maximum Gasteiger partial charge on any atom is 0.119 e. The van der Waals surface area contributed by atoms with Crippen molar-refractivity contribution < 1.29 is 9.84 Å². The highest BCUT2D eigenvalue weighted by Gasteiger charge is 2.24. The van der Waals surface area contributed by atoms with Crippen LogP contribution in [0.1, 0.15) is 88.7 Å². The molecule has 0 saturated heterocycles. The Labute approximate surface area is 247 Å². The third-order valence-electron chi connectivity index (χ3n) is 8.55. The van der Waals surface area contributed by atoms with Crippen LogP contribution in [0.25, 0.3) is 33.4 Å². The number of hydrogen-bond donors (Lipinski definition) is 1. The Morgan fingerprint density at radius 1 is 0.610 bits per heavy atom. The Balaban J connectivity index is 1.16. The molecule has 1 atom stereocenters. The van der Waals surface area contributed by atoms with Crippen molar-refractivity contribution in [3.63, 3.8) is 0 Å². The monoisotopic (exact) mass is 546 g/mol. The van der Waals surface area contributed by atoms with Gasteiger partial charge in [0.25, 0.3) is 0 Å². The van der Waals surface area contributed by atoms with Crippen LogP contribution < -0.4 is 4.74 Å². The first-order valence-corrected chi connectivity index (χ1v) is 16.0. The van der Waals surface area contributed by atoms with Gasteiger partial charge in [0.05, 0.1) is 6.10 Å². The fourth-order valence-corrected chi connectivity index (χ4v) is 6.26. The van der Waals surface area contributed by atoms with Gasteiger partial charge in [0.15, 0.2) is 0 Å². The van der Waals surface area contributed by atoms with Crippen LogP contribution in [0.2, 0.25) is 0 Å². The van der Waals surface area contributed by atoms with E-state index in [1.54, 1.807) is 0 Å². The second kappa shape index (κ2) is 15.0. The lowest BCUT2D eigenvalue weighted by Gasteiger charge is -2.17. The van der Waals surface area contributed by atoms with Gasteiger partial charge in [-0.15, -0.1) is 0 Å². The van der Waals surface area contributed by atoms with E-state index < -0.39 is 6.10 Å². The van der Waals surface area contributed by atoms with E-state index in [0.717, 1.165) is 25.0 Å². The largest absolute Gasteiger partial charge is 0.491 e. The molecule has 2 heteroatoms. The Hall–Kier alpha value is -3.36. The summed E-state index contributed by atoms with van der Waals surface area (Å²) in [5, 5.41) is 10.5. The average Bonchev–Trinajstić information content (AvgIpc) is 3.40. The molecule has 214 valence electrons. The van der Waals surface area contributed by atoms with Crippen molar-refractivity contribution in [1.82, 2.24) is 0 Å². The fourth-order valence-electron chi connectivity index (χ4n) is 6.26. The highest BCUT2D eigenvalue weighted by molar-refractivity contribution is 5.93. The van der Waals surface area contributed by atoms with Gasteiger partial charge >= 0.3 is 0 Å². The van der Waals surface area contributed by atoms with Crippen LogP contribution in [0.4, 0.5) is 0 Å². The number of rotatable bonds is 16. The quantitative estimate of drug-likeness (QED) is 0.125. The summed E-state index contributed by atoms with van der Waals surface area (Å²) >= 11 is 0. The van der Waals surface area contributed by atoms with Crippen molar-refractivity contribution in [2.24, 2.45) is 0 Å². The zero-order valence-corrected chi connectivity index (χ0v) is 24.8. The summed E-state index contributed by atoms with van der Waals surface area (Å²) in [7, 11) is 0. The molecule has 41 heavy (non-hydrogen) atoms. The van der Waals surface area contributed by atoms with Crippen molar-refractivity contribution >= 4 is 0 Å². The van der Waals surface area contributed by atoms with Gasteiger partial charge in [0.1, 0.15) is 12.4 Å². The summed E-state index contributed by atoms with van der Waals surface area (Å²) in [5.74, 6) is 0.811. The third-order valence-corrected chi connectivity index (χ3v) is 8.55. The van der Waals surface area contributed by atoms with Crippen LogP contribution in [0.5, 0.6) is 5.75 Å². The molecule has 0 spiro atoms. The Bertz CT molecular complexity index is 1360. The summed E-state index contributed by atoms with van der Waals surface area (Å²) in [5.41, 5.74) is 10.5. The zero-order valence-electron chi connectivity index (χ0n) is 24.8. The van der Waals surface area contributed by atoms with E-state index in [-0.39, 0.29) is 0 Å². The molecule has 0 aliphatic heterocycles. The van der Waals surface area contributed by atoms with E-state index in [1.165, 1.54) is 102 Å². The number of fused-ring (bicyclic) bond motifs is 3. The second-order valence-electron chi connectivity index (χ2n) is 11.7. The highest BCUT2D eigenvalue weighted by Crippen LogP contribution is 2.46.